The molecule has 118 valence electrons. The number of benzene rings is 1. The van der Waals surface area contributed by atoms with Gasteiger partial charge in [0.2, 0.25) is 0 Å². The molecule has 2 rings (SSSR count). The topological polar surface area (TPSA) is 38.5 Å². The Morgan fingerprint density at radius 2 is 1.86 bits per heavy atom. The van der Waals surface area contributed by atoms with Crippen LogP contribution in [-0.2, 0) is 4.74 Å². The molecule has 2 unspecified atom stereocenters. The summed E-state index contributed by atoms with van der Waals surface area (Å²) in [4.78, 5) is 2.44. The van der Waals surface area contributed by atoms with Crippen LogP contribution in [-0.4, -0.2) is 37.2 Å². The maximum atomic E-state index is 6.40. The Hall–Kier alpha value is -0.900. The van der Waals surface area contributed by atoms with Crippen LogP contribution in [0.15, 0.2) is 24.3 Å². The van der Waals surface area contributed by atoms with Gasteiger partial charge < -0.3 is 10.5 Å². The van der Waals surface area contributed by atoms with Crippen molar-refractivity contribution in [3.63, 3.8) is 0 Å². The molecule has 0 radical (unpaired) electrons. The van der Waals surface area contributed by atoms with Gasteiger partial charge in [0.05, 0.1) is 5.60 Å². The van der Waals surface area contributed by atoms with E-state index in [1.54, 1.807) is 0 Å². The van der Waals surface area contributed by atoms with Crippen LogP contribution in [0, 0.1) is 0 Å². The van der Waals surface area contributed by atoms with Crippen molar-refractivity contribution in [3.8, 4) is 0 Å². The molecule has 21 heavy (non-hydrogen) atoms. The number of methoxy groups -OCH3 is 1. The highest BCUT2D eigenvalue weighted by molar-refractivity contribution is 5.26. The molecule has 0 bridgehead atoms. The monoisotopic (exact) mass is 290 g/mol. The van der Waals surface area contributed by atoms with E-state index in [4.69, 9.17) is 10.5 Å². The molecule has 0 saturated carbocycles. The average molecular weight is 290 g/mol. The van der Waals surface area contributed by atoms with Crippen molar-refractivity contribution in [2.75, 3.05) is 26.7 Å². The summed E-state index contributed by atoms with van der Waals surface area (Å²) in [5, 5.41) is 0. The molecule has 3 heteroatoms. The van der Waals surface area contributed by atoms with E-state index < -0.39 is 0 Å². The number of hydrogen-bond acceptors (Lipinski definition) is 3. The molecule has 1 aliphatic heterocycles. The highest BCUT2D eigenvalue weighted by Gasteiger charge is 2.31. The Balaban J connectivity index is 1.96. The molecule has 0 aliphatic carbocycles. The summed E-state index contributed by atoms with van der Waals surface area (Å²) in [6, 6.07) is 8.84. The Morgan fingerprint density at radius 1 is 1.24 bits per heavy atom. The van der Waals surface area contributed by atoms with Crippen LogP contribution in [0.1, 0.15) is 56.7 Å². The van der Waals surface area contributed by atoms with Crippen LogP contribution in [0.3, 0.4) is 0 Å². The molecular formula is C18H30N2O. The van der Waals surface area contributed by atoms with E-state index in [1.807, 2.05) is 7.11 Å². The molecule has 0 aromatic heterocycles. The maximum Gasteiger partial charge on any atom is 0.0777 e. The largest absolute Gasteiger partial charge is 0.377 e. The molecule has 2 N–H and O–H groups in total. The van der Waals surface area contributed by atoms with E-state index >= 15 is 0 Å². The lowest BCUT2D eigenvalue weighted by Gasteiger charge is -2.40. The van der Waals surface area contributed by atoms with Gasteiger partial charge >= 0.3 is 0 Å². The Morgan fingerprint density at radius 3 is 2.43 bits per heavy atom. The number of nitrogens with two attached hydrogens (primary N) is 1. The first-order chi connectivity index (χ1) is 9.93. The molecule has 1 saturated heterocycles. The minimum absolute atomic E-state index is 0.0144. The van der Waals surface area contributed by atoms with Crippen LogP contribution in [0.4, 0.5) is 0 Å². The third-order valence-corrected chi connectivity index (χ3v) is 4.72. The van der Waals surface area contributed by atoms with Gasteiger partial charge in [-0.05, 0) is 43.4 Å². The van der Waals surface area contributed by atoms with Gasteiger partial charge in [0, 0.05) is 26.2 Å². The predicted octanol–water partition coefficient (Wildman–Crippen LogP) is 3.31. The Kier molecular flexibility index (Phi) is 5.42. The first-order valence-electron chi connectivity index (χ1n) is 8.06. The molecule has 1 aromatic rings. The van der Waals surface area contributed by atoms with E-state index in [9.17, 15) is 0 Å². The van der Waals surface area contributed by atoms with Crippen molar-refractivity contribution in [1.82, 2.24) is 4.90 Å². The summed E-state index contributed by atoms with van der Waals surface area (Å²) in [6.07, 6.45) is 2.32. The lowest BCUT2D eigenvalue weighted by atomic mass is 9.93. The molecule has 0 amide bonds. The van der Waals surface area contributed by atoms with Crippen LogP contribution >= 0.6 is 0 Å². The van der Waals surface area contributed by atoms with Crippen molar-refractivity contribution < 1.29 is 4.74 Å². The minimum Gasteiger partial charge on any atom is -0.377 e. The van der Waals surface area contributed by atoms with Gasteiger partial charge in [0.25, 0.3) is 0 Å². The quantitative estimate of drug-likeness (QED) is 0.904. The number of piperidine rings is 1. The summed E-state index contributed by atoms with van der Waals surface area (Å²) >= 11 is 0. The molecule has 3 nitrogen and oxygen atoms in total. The Bertz CT molecular complexity index is 443. The molecule has 0 spiro atoms. The second-order valence-electron chi connectivity index (χ2n) is 6.92. The third kappa shape index (κ3) is 4.29. The van der Waals surface area contributed by atoms with Crippen molar-refractivity contribution in [2.45, 2.75) is 51.2 Å². The van der Waals surface area contributed by atoms with E-state index in [0.717, 1.165) is 26.1 Å². The number of ether oxygens (including phenoxy) is 1. The van der Waals surface area contributed by atoms with Crippen molar-refractivity contribution in [2.24, 2.45) is 5.73 Å². The van der Waals surface area contributed by atoms with Gasteiger partial charge in [-0.15, -0.1) is 0 Å². The van der Waals surface area contributed by atoms with Gasteiger partial charge in [-0.25, -0.2) is 0 Å². The number of likely N-dealkylation sites (tertiary alicyclic amines) is 1. The van der Waals surface area contributed by atoms with E-state index in [2.05, 4.69) is 49.9 Å². The number of nitrogens with zero attached hydrogens (tertiary/aromatic N) is 1. The smallest absolute Gasteiger partial charge is 0.0777 e. The van der Waals surface area contributed by atoms with Crippen LogP contribution in [0.25, 0.3) is 0 Å². The van der Waals surface area contributed by atoms with E-state index in [1.165, 1.54) is 17.5 Å². The molecular weight excluding hydrogens is 260 g/mol. The van der Waals surface area contributed by atoms with Crippen LogP contribution in [0.5, 0.6) is 0 Å². The fourth-order valence-corrected chi connectivity index (χ4v) is 3.14. The molecule has 1 aromatic carbocycles. The summed E-state index contributed by atoms with van der Waals surface area (Å²) in [5.41, 5.74) is 8.98. The standard InChI is InChI=1S/C18H30N2O/c1-14(2)15-6-8-16(9-7-15)17(19)12-20-11-5-10-18(3,13-20)21-4/h6-9,14,17H,5,10-13,19H2,1-4H3. The third-order valence-electron chi connectivity index (χ3n) is 4.72. The first kappa shape index (κ1) is 16.5. The van der Waals surface area contributed by atoms with E-state index in [0.29, 0.717) is 5.92 Å². The summed E-state index contributed by atoms with van der Waals surface area (Å²) in [6.45, 7) is 9.63. The Labute approximate surface area is 129 Å². The lowest BCUT2D eigenvalue weighted by molar-refractivity contribution is -0.0516. The highest BCUT2D eigenvalue weighted by atomic mass is 16.5. The summed E-state index contributed by atoms with van der Waals surface area (Å²) in [7, 11) is 1.81. The lowest BCUT2D eigenvalue weighted by Crippen LogP contribution is -2.49. The maximum absolute atomic E-state index is 6.40. The first-order valence-corrected chi connectivity index (χ1v) is 8.06. The van der Waals surface area contributed by atoms with Gasteiger partial charge in [-0.2, -0.15) is 0 Å². The molecule has 1 fully saturated rings. The second kappa shape index (κ2) is 6.91. The normalized spacial score (nSPS) is 25.2. The zero-order valence-electron chi connectivity index (χ0n) is 13.9. The average Bonchev–Trinajstić information content (AvgIpc) is 2.47. The van der Waals surface area contributed by atoms with Crippen LogP contribution in [0.2, 0.25) is 0 Å². The van der Waals surface area contributed by atoms with Crippen LogP contribution < -0.4 is 5.73 Å². The van der Waals surface area contributed by atoms with Crippen molar-refractivity contribution in [3.05, 3.63) is 35.4 Å². The SMILES string of the molecule is COC1(C)CCCN(CC(N)c2ccc(C(C)C)cc2)C1. The highest BCUT2D eigenvalue weighted by Crippen LogP contribution is 2.25. The van der Waals surface area contributed by atoms with Gasteiger partial charge in [0.1, 0.15) is 0 Å². The van der Waals surface area contributed by atoms with Crippen molar-refractivity contribution in [1.29, 1.82) is 0 Å². The number of rotatable bonds is 5. The second-order valence-corrected chi connectivity index (χ2v) is 6.92. The zero-order chi connectivity index (χ0) is 15.5. The summed E-state index contributed by atoms with van der Waals surface area (Å²) in [5.74, 6) is 0.569. The summed E-state index contributed by atoms with van der Waals surface area (Å²) < 4.78 is 5.66. The minimum atomic E-state index is -0.0144. The van der Waals surface area contributed by atoms with E-state index in [-0.39, 0.29) is 11.6 Å². The zero-order valence-corrected chi connectivity index (χ0v) is 13.9. The van der Waals surface area contributed by atoms with Gasteiger partial charge in [-0.1, -0.05) is 38.1 Å². The molecule has 2 atom stereocenters. The fourth-order valence-electron chi connectivity index (χ4n) is 3.14. The van der Waals surface area contributed by atoms with Gasteiger partial charge in [-0.3, -0.25) is 4.90 Å². The van der Waals surface area contributed by atoms with Gasteiger partial charge in [0.15, 0.2) is 0 Å². The predicted molar refractivity (Wildman–Crippen MR) is 88.5 cm³/mol. The fraction of sp³-hybridized carbons (Fsp3) is 0.667. The molecule has 1 heterocycles. The number of hydrogen-bond donors (Lipinski definition) is 1. The van der Waals surface area contributed by atoms with Crippen molar-refractivity contribution >= 4 is 0 Å². The molecule has 1 aliphatic rings.